The third-order valence-corrected chi connectivity index (χ3v) is 3.46. The number of hydrogen-bond acceptors (Lipinski definition) is 7. The number of rotatable bonds is 6. The summed E-state index contributed by atoms with van der Waals surface area (Å²) in [6.45, 7) is 3.98. The Bertz CT molecular complexity index is 504. The van der Waals surface area contributed by atoms with E-state index in [9.17, 15) is 9.59 Å². The van der Waals surface area contributed by atoms with Crippen molar-refractivity contribution in [3.63, 3.8) is 0 Å². The number of anilines is 1. The molecule has 1 saturated heterocycles. The molecule has 1 aromatic heterocycles. The van der Waals surface area contributed by atoms with E-state index in [4.69, 9.17) is 4.74 Å². The van der Waals surface area contributed by atoms with Crippen molar-refractivity contribution in [3.8, 4) is 0 Å². The lowest BCUT2D eigenvalue weighted by Gasteiger charge is -2.34. The lowest BCUT2D eigenvalue weighted by atomic mass is 10.3. The minimum Gasteiger partial charge on any atom is -0.383 e. The van der Waals surface area contributed by atoms with Crippen molar-refractivity contribution in [2.45, 2.75) is 0 Å². The fourth-order valence-corrected chi connectivity index (χ4v) is 2.27. The van der Waals surface area contributed by atoms with Crippen LogP contribution in [0, 0.1) is 0 Å². The van der Waals surface area contributed by atoms with Gasteiger partial charge in [0.2, 0.25) is 5.91 Å². The molecule has 0 aromatic carbocycles. The molecule has 0 bridgehead atoms. The number of urea groups is 1. The van der Waals surface area contributed by atoms with E-state index in [0.29, 0.717) is 13.2 Å². The minimum atomic E-state index is -0.495. The summed E-state index contributed by atoms with van der Waals surface area (Å²) in [6, 6.07) is -0.495. The van der Waals surface area contributed by atoms with Gasteiger partial charge in [-0.25, -0.2) is 9.78 Å². The van der Waals surface area contributed by atoms with Crippen molar-refractivity contribution in [2.75, 3.05) is 57.9 Å². The molecule has 0 atom stereocenters. The highest BCUT2D eigenvalue weighted by Crippen LogP contribution is 2.10. The van der Waals surface area contributed by atoms with Gasteiger partial charge in [-0.1, -0.05) is 0 Å². The van der Waals surface area contributed by atoms with Crippen LogP contribution in [0.25, 0.3) is 0 Å². The zero-order chi connectivity index (χ0) is 16.5. The molecule has 2 N–H and O–H groups in total. The van der Waals surface area contributed by atoms with Crippen molar-refractivity contribution in [1.82, 2.24) is 25.5 Å². The Kier molecular flexibility index (Phi) is 6.70. The summed E-state index contributed by atoms with van der Waals surface area (Å²) in [4.78, 5) is 35.7. The monoisotopic (exact) mass is 322 g/mol. The normalized spacial score (nSPS) is 15.3. The maximum atomic E-state index is 11.8. The molecule has 1 aromatic rings. The van der Waals surface area contributed by atoms with Crippen LogP contribution in [0.2, 0.25) is 0 Å². The quantitative estimate of drug-likeness (QED) is 0.653. The lowest BCUT2D eigenvalue weighted by molar-refractivity contribution is -0.121. The summed E-state index contributed by atoms with van der Waals surface area (Å²) in [6.07, 6.45) is 5.03. The molecule has 0 radical (unpaired) electrons. The van der Waals surface area contributed by atoms with Crippen LogP contribution in [0.15, 0.2) is 18.6 Å². The smallest absolute Gasteiger partial charge is 0.321 e. The highest BCUT2D eigenvalue weighted by Gasteiger charge is 2.20. The lowest BCUT2D eigenvalue weighted by Crippen LogP contribution is -2.51. The number of aromatic nitrogens is 2. The van der Waals surface area contributed by atoms with Gasteiger partial charge in [0, 0.05) is 52.2 Å². The molecule has 2 heterocycles. The average molecular weight is 322 g/mol. The molecule has 0 unspecified atom stereocenters. The van der Waals surface area contributed by atoms with Crippen LogP contribution >= 0.6 is 0 Å². The van der Waals surface area contributed by atoms with Crippen LogP contribution < -0.4 is 15.5 Å². The van der Waals surface area contributed by atoms with Crippen LogP contribution in [-0.2, 0) is 9.53 Å². The van der Waals surface area contributed by atoms with Gasteiger partial charge in [0.05, 0.1) is 19.3 Å². The number of nitrogens with zero attached hydrogens (tertiary/aromatic N) is 4. The largest absolute Gasteiger partial charge is 0.383 e. The van der Waals surface area contributed by atoms with Gasteiger partial charge in [-0.05, 0) is 0 Å². The molecule has 0 spiro atoms. The Morgan fingerprint density at radius 2 is 2.04 bits per heavy atom. The number of carbonyl (C=O) groups is 2. The highest BCUT2D eigenvalue weighted by molar-refractivity contribution is 5.95. The molecule has 126 valence electrons. The van der Waals surface area contributed by atoms with Crippen molar-refractivity contribution in [1.29, 1.82) is 0 Å². The van der Waals surface area contributed by atoms with Crippen LogP contribution in [0.3, 0.4) is 0 Å². The second-order valence-corrected chi connectivity index (χ2v) is 5.12. The van der Waals surface area contributed by atoms with Gasteiger partial charge in [0.1, 0.15) is 5.82 Å². The number of piperazine rings is 1. The van der Waals surface area contributed by atoms with Crippen LogP contribution in [-0.4, -0.2) is 79.8 Å². The number of nitrogens with one attached hydrogen (secondary N) is 2. The molecule has 1 aliphatic rings. The van der Waals surface area contributed by atoms with E-state index in [2.05, 4.69) is 25.5 Å². The number of carbonyl (C=O) groups excluding carboxylic acids is 2. The molecular formula is C14H22N6O3. The number of imide groups is 1. The van der Waals surface area contributed by atoms with Gasteiger partial charge in [-0.3, -0.25) is 20.0 Å². The summed E-state index contributed by atoms with van der Waals surface area (Å²) in [5.41, 5.74) is 0. The van der Waals surface area contributed by atoms with Gasteiger partial charge in [-0.2, -0.15) is 0 Å². The summed E-state index contributed by atoms with van der Waals surface area (Å²) < 4.78 is 4.82. The Hall–Kier alpha value is -2.26. The molecule has 1 fully saturated rings. The van der Waals surface area contributed by atoms with E-state index < -0.39 is 6.03 Å². The van der Waals surface area contributed by atoms with Gasteiger partial charge < -0.3 is 15.0 Å². The predicted molar refractivity (Wildman–Crippen MR) is 84.1 cm³/mol. The van der Waals surface area contributed by atoms with Crippen LogP contribution in [0.1, 0.15) is 0 Å². The van der Waals surface area contributed by atoms with Crippen molar-refractivity contribution in [2.24, 2.45) is 0 Å². The van der Waals surface area contributed by atoms with Gasteiger partial charge >= 0.3 is 6.03 Å². The van der Waals surface area contributed by atoms with Crippen molar-refractivity contribution in [3.05, 3.63) is 18.6 Å². The third-order valence-electron chi connectivity index (χ3n) is 3.46. The van der Waals surface area contributed by atoms with E-state index >= 15 is 0 Å². The molecule has 0 saturated carbocycles. The summed E-state index contributed by atoms with van der Waals surface area (Å²) >= 11 is 0. The second-order valence-electron chi connectivity index (χ2n) is 5.12. The SMILES string of the molecule is COCCNC(=O)NC(=O)CN1CCN(c2cnccn2)CC1. The van der Waals surface area contributed by atoms with Gasteiger partial charge in [0.25, 0.3) is 0 Å². The topological polar surface area (TPSA) is 99.7 Å². The summed E-state index contributed by atoms with van der Waals surface area (Å²) in [7, 11) is 1.55. The Labute approximate surface area is 135 Å². The molecule has 9 heteroatoms. The molecule has 3 amide bonds. The van der Waals surface area contributed by atoms with E-state index in [1.807, 2.05) is 4.90 Å². The maximum Gasteiger partial charge on any atom is 0.321 e. The fraction of sp³-hybridized carbons (Fsp3) is 0.571. The zero-order valence-corrected chi connectivity index (χ0v) is 13.2. The maximum absolute atomic E-state index is 11.8. The number of hydrogen-bond donors (Lipinski definition) is 2. The Morgan fingerprint density at radius 3 is 2.70 bits per heavy atom. The molecule has 0 aliphatic carbocycles. The van der Waals surface area contributed by atoms with Crippen molar-refractivity contribution < 1.29 is 14.3 Å². The minimum absolute atomic E-state index is 0.200. The molecule has 23 heavy (non-hydrogen) atoms. The van der Waals surface area contributed by atoms with E-state index in [0.717, 1.165) is 32.0 Å². The average Bonchev–Trinajstić information content (AvgIpc) is 2.56. The van der Waals surface area contributed by atoms with Gasteiger partial charge in [-0.15, -0.1) is 0 Å². The van der Waals surface area contributed by atoms with Crippen molar-refractivity contribution >= 4 is 17.8 Å². The summed E-state index contributed by atoms with van der Waals surface area (Å²) in [5.74, 6) is 0.530. The van der Waals surface area contributed by atoms with Crippen LogP contribution in [0.5, 0.6) is 0 Å². The van der Waals surface area contributed by atoms with Gasteiger partial charge in [0.15, 0.2) is 0 Å². The standard InChI is InChI=1S/C14H22N6O3/c1-23-9-4-17-14(22)18-13(21)11-19-5-7-20(8-6-19)12-10-15-2-3-16-12/h2-3,10H,4-9,11H2,1H3,(H2,17,18,21,22). The number of methoxy groups -OCH3 is 1. The number of ether oxygens (including phenoxy) is 1. The Morgan fingerprint density at radius 1 is 1.26 bits per heavy atom. The predicted octanol–water partition coefficient (Wildman–Crippen LogP) is -0.929. The molecule has 2 rings (SSSR count). The Balaban J connectivity index is 1.67. The fourth-order valence-electron chi connectivity index (χ4n) is 2.27. The number of amides is 3. The molecule has 1 aliphatic heterocycles. The van der Waals surface area contributed by atoms with E-state index in [1.165, 1.54) is 0 Å². The first-order valence-corrected chi connectivity index (χ1v) is 7.49. The third kappa shape index (κ3) is 5.80. The second kappa shape index (κ2) is 9.01. The first kappa shape index (κ1) is 17.1. The van der Waals surface area contributed by atoms with Crippen LogP contribution in [0.4, 0.5) is 10.6 Å². The highest BCUT2D eigenvalue weighted by atomic mass is 16.5. The molecular weight excluding hydrogens is 300 g/mol. The first-order chi connectivity index (χ1) is 11.2. The van der Waals surface area contributed by atoms with E-state index in [1.54, 1.807) is 25.7 Å². The summed E-state index contributed by atoms with van der Waals surface area (Å²) in [5, 5.41) is 4.85. The molecule has 9 nitrogen and oxygen atoms in total. The first-order valence-electron chi connectivity index (χ1n) is 7.49. The zero-order valence-electron chi connectivity index (χ0n) is 13.2. The van der Waals surface area contributed by atoms with E-state index in [-0.39, 0.29) is 12.5 Å².